The molecule has 0 unspecified atom stereocenters. The number of anilines is 1. The van der Waals surface area contributed by atoms with Gasteiger partial charge in [-0.1, -0.05) is 0 Å². The van der Waals surface area contributed by atoms with Gasteiger partial charge in [-0.15, -0.1) is 11.3 Å². The molecule has 0 bridgehead atoms. The predicted molar refractivity (Wildman–Crippen MR) is 74.4 cm³/mol. The summed E-state index contributed by atoms with van der Waals surface area (Å²) < 4.78 is 52.1. The zero-order chi connectivity index (χ0) is 15.2. The van der Waals surface area contributed by atoms with Crippen molar-refractivity contribution in [2.24, 2.45) is 0 Å². The highest BCUT2D eigenvalue weighted by Gasteiger charge is 2.31. The van der Waals surface area contributed by atoms with Gasteiger partial charge in [0, 0.05) is 17.3 Å². The first-order valence-corrected chi connectivity index (χ1v) is 6.69. The molecule has 0 radical (unpaired) electrons. The third-order valence-corrected chi connectivity index (χ3v) is 4.03. The van der Waals surface area contributed by atoms with Gasteiger partial charge in [-0.3, -0.25) is 0 Å². The quantitative estimate of drug-likeness (QED) is 0.522. The Bertz CT molecular complexity index is 823. The number of nitrogen functional groups attached to an aromatic ring is 1. The van der Waals surface area contributed by atoms with E-state index >= 15 is 0 Å². The van der Waals surface area contributed by atoms with E-state index in [1.807, 2.05) is 0 Å². The number of benzene rings is 2. The highest BCUT2D eigenvalue weighted by Crippen LogP contribution is 2.38. The van der Waals surface area contributed by atoms with Gasteiger partial charge in [0.25, 0.3) is 0 Å². The molecular weight excluding hydrogens is 304 g/mol. The van der Waals surface area contributed by atoms with Gasteiger partial charge in [-0.2, -0.15) is 13.2 Å². The Labute approximate surface area is 120 Å². The maximum atomic E-state index is 13.1. The van der Waals surface area contributed by atoms with Gasteiger partial charge >= 0.3 is 6.18 Å². The molecule has 0 aliphatic heterocycles. The SMILES string of the molecule is Nc1ccc(C(F)(F)F)cc1-c1nc2cc(F)ccc2s1. The first-order valence-electron chi connectivity index (χ1n) is 5.88. The van der Waals surface area contributed by atoms with E-state index in [1.165, 1.54) is 35.6 Å². The number of alkyl halides is 3. The van der Waals surface area contributed by atoms with Crippen LogP contribution in [0.1, 0.15) is 5.56 Å². The monoisotopic (exact) mass is 312 g/mol. The second-order valence-corrected chi connectivity index (χ2v) is 5.46. The molecule has 0 aliphatic rings. The molecule has 2 aromatic carbocycles. The molecule has 2 N–H and O–H groups in total. The molecule has 0 amide bonds. The average molecular weight is 312 g/mol. The van der Waals surface area contributed by atoms with Gasteiger partial charge in [0.05, 0.1) is 15.8 Å². The van der Waals surface area contributed by atoms with E-state index in [2.05, 4.69) is 4.98 Å². The van der Waals surface area contributed by atoms with Crippen LogP contribution in [0.15, 0.2) is 36.4 Å². The number of halogens is 4. The summed E-state index contributed by atoms with van der Waals surface area (Å²) in [6.45, 7) is 0. The summed E-state index contributed by atoms with van der Waals surface area (Å²) in [5.74, 6) is -0.448. The fourth-order valence-electron chi connectivity index (χ4n) is 1.93. The van der Waals surface area contributed by atoms with E-state index in [1.54, 1.807) is 0 Å². The Morgan fingerprint density at radius 3 is 2.52 bits per heavy atom. The van der Waals surface area contributed by atoms with Gasteiger partial charge in [0.2, 0.25) is 0 Å². The van der Waals surface area contributed by atoms with Crippen molar-refractivity contribution in [2.75, 3.05) is 5.73 Å². The Hall–Kier alpha value is -2.15. The minimum Gasteiger partial charge on any atom is -0.398 e. The van der Waals surface area contributed by atoms with Crippen LogP contribution in [0.4, 0.5) is 23.2 Å². The summed E-state index contributed by atoms with van der Waals surface area (Å²) in [4.78, 5) is 4.16. The molecule has 3 rings (SSSR count). The summed E-state index contributed by atoms with van der Waals surface area (Å²) in [6, 6.07) is 7.13. The molecular formula is C14H8F4N2S. The standard InChI is InChI=1S/C14H8F4N2S/c15-8-2-4-12-11(6-8)20-13(21-12)9-5-7(14(16,17)18)1-3-10(9)19/h1-6H,19H2. The zero-order valence-corrected chi connectivity index (χ0v) is 11.2. The van der Waals surface area contributed by atoms with Crippen molar-refractivity contribution in [3.05, 3.63) is 47.8 Å². The van der Waals surface area contributed by atoms with Crippen molar-refractivity contribution in [1.82, 2.24) is 4.98 Å². The lowest BCUT2D eigenvalue weighted by atomic mass is 10.1. The molecule has 3 aromatic rings. The van der Waals surface area contributed by atoms with Crippen LogP contribution in [0.25, 0.3) is 20.8 Å². The lowest BCUT2D eigenvalue weighted by molar-refractivity contribution is -0.137. The van der Waals surface area contributed by atoms with Gasteiger partial charge in [-0.25, -0.2) is 9.37 Å². The van der Waals surface area contributed by atoms with E-state index in [9.17, 15) is 17.6 Å². The van der Waals surface area contributed by atoms with Crippen molar-refractivity contribution in [2.45, 2.75) is 6.18 Å². The molecule has 0 atom stereocenters. The molecule has 7 heteroatoms. The zero-order valence-electron chi connectivity index (χ0n) is 10.4. The van der Waals surface area contributed by atoms with Gasteiger partial charge in [-0.05, 0) is 30.3 Å². The minimum atomic E-state index is -4.45. The number of fused-ring (bicyclic) bond motifs is 1. The second-order valence-electron chi connectivity index (χ2n) is 4.43. The van der Waals surface area contributed by atoms with Crippen LogP contribution in [0.5, 0.6) is 0 Å². The number of thiazole rings is 1. The topological polar surface area (TPSA) is 38.9 Å². The number of rotatable bonds is 1. The van der Waals surface area contributed by atoms with E-state index in [-0.39, 0.29) is 11.3 Å². The van der Waals surface area contributed by atoms with E-state index in [4.69, 9.17) is 5.73 Å². The van der Waals surface area contributed by atoms with Crippen molar-refractivity contribution >= 4 is 27.2 Å². The van der Waals surface area contributed by atoms with Crippen molar-refractivity contribution in [1.29, 1.82) is 0 Å². The summed E-state index contributed by atoms with van der Waals surface area (Å²) in [5.41, 5.74) is 5.74. The van der Waals surface area contributed by atoms with Gasteiger partial charge in [0.1, 0.15) is 10.8 Å². The molecule has 0 spiro atoms. The molecule has 0 fully saturated rings. The van der Waals surface area contributed by atoms with Crippen LogP contribution in [0.2, 0.25) is 0 Å². The van der Waals surface area contributed by atoms with Crippen LogP contribution < -0.4 is 5.73 Å². The van der Waals surface area contributed by atoms with E-state index in [0.717, 1.165) is 12.1 Å². The number of aromatic nitrogens is 1. The summed E-state index contributed by atoms with van der Waals surface area (Å²) in [7, 11) is 0. The van der Waals surface area contributed by atoms with Crippen LogP contribution >= 0.6 is 11.3 Å². The molecule has 0 aliphatic carbocycles. The highest BCUT2D eigenvalue weighted by atomic mass is 32.1. The number of hydrogen-bond donors (Lipinski definition) is 1. The van der Waals surface area contributed by atoms with Crippen LogP contribution in [0.3, 0.4) is 0 Å². The van der Waals surface area contributed by atoms with Crippen LogP contribution in [0, 0.1) is 5.82 Å². The first-order chi connectivity index (χ1) is 9.84. The normalized spacial score (nSPS) is 12.0. The lowest BCUT2D eigenvalue weighted by Gasteiger charge is -2.09. The van der Waals surface area contributed by atoms with Crippen molar-refractivity contribution < 1.29 is 17.6 Å². The molecule has 1 heterocycles. The first kappa shape index (κ1) is 13.8. The third kappa shape index (κ3) is 2.56. The van der Waals surface area contributed by atoms with Crippen LogP contribution in [-0.4, -0.2) is 4.98 Å². The summed E-state index contributed by atoms with van der Waals surface area (Å²) in [5, 5.41) is 0.333. The predicted octanol–water partition coefficient (Wildman–Crippen LogP) is 4.70. The fourth-order valence-corrected chi connectivity index (χ4v) is 2.92. The smallest absolute Gasteiger partial charge is 0.398 e. The average Bonchev–Trinajstić information content (AvgIpc) is 2.80. The Balaban J connectivity index is 2.17. The Morgan fingerprint density at radius 1 is 1.05 bits per heavy atom. The maximum absolute atomic E-state index is 13.1. The van der Waals surface area contributed by atoms with Crippen molar-refractivity contribution in [3.63, 3.8) is 0 Å². The van der Waals surface area contributed by atoms with E-state index < -0.39 is 17.6 Å². The number of nitrogens with zero attached hydrogens (tertiary/aromatic N) is 1. The van der Waals surface area contributed by atoms with Gasteiger partial charge in [0.15, 0.2) is 0 Å². The molecule has 21 heavy (non-hydrogen) atoms. The molecule has 1 aromatic heterocycles. The lowest BCUT2D eigenvalue weighted by Crippen LogP contribution is -2.05. The minimum absolute atomic E-state index is 0.197. The number of nitrogens with two attached hydrogens (primary N) is 1. The summed E-state index contributed by atoms with van der Waals surface area (Å²) in [6.07, 6.45) is -4.45. The van der Waals surface area contributed by atoms with Crippen LogP contribution in [-0.2, 0) is 6.18 Å². The molecule has 0 saturated heterocycles. The molecule has 0 saturated carbocycles. The molecule has 2 nitrogen and oxygen atoms in total. The summed E-state index contributed by atoms with van der Waals surface area (Å²) >= 11 is 1.17. The second kappa shape index (κ2) is 4.70. The fraction of sp³-hybridized carbons (Fsp3) is 0.0714. The van der Waals surface area contributed by atoms with E-state index in [0.29, 0.717) is 15.2 Å². The largest absolute Gasteiger partial charge is 0.416 e. The molecule has 108 valence electrons. The number of hydrogen-bond acceptors (Lipinski definition) is 3. The third-order valence-electron chi connectivity index (χ3n) is 2.96. The maximum Gasteiger partial charge on any atom is 0.416 e. The Morgan fingerprint density at radius 2 is 1.81 bits per heavy atom. The van der Waals surface area contributed by atoms with Crippen molar-refractivity contribution in [3.8, 4) is 10.6 Å². The van der Waals surface area contributed by atoms with Gasteiger partial charge < -0.3 is 5.73 Å². The highest BCUT2D eigenvalue weighted by molar-refractivity contribution is 7.21. The Kier molecular flexibility index (Phi) is 3.09.